The number of halogens is 3. The van der Waals surface area contributed by atoms with Crippen LogP contribution >= 0.6 is 0 Å². The second kappa shape index (κ2) is 7.32. The lowest BCUT2D eigenvalue weighted by atomic mass is 10.2. The Kier molecular flexibility index (Phi) is 5.09. The van der Waals surface area contributed by atoms with Crippen LogP contribution in [0, 0.1) is 24.4 Å². The van der Waals surface area contributed by atoms with Crippen molar-refractivity contribution in [1.82, 2.24) is 0 Å². The van der Waals surface area contributed by atoms with E-state index in [0.717, 1.165) is 24.3 Å². The number of hydrogen-bond acceptors (Lipinski definition) is 3. The summed E-state index contributed by atoms with van der Waals surface area (Å²) >= 11 is 0. The molecule has 27 heavy (non-hydrogen) atoms. The van der Waals surface area contributed by atoms with Gasteiger partial charge in [0.15, 0.2) is 11.6 Å². The fourth-order valence-corrected chi connectivity index (χ4v) is 3.77. The third-order valence-corrected chi connectivity index (χ3v) is 5.31. The molecule has 0 aliphatic carbocycles. The van der Waals surface area contributed by atoms with Gasteiger partial charge in [-0.3, -0.25) is 4.72 Å². The minimum Gasteiger partial charge on any atom is -0.355 e. The summed E-state index contributed by atoms with van der Waals surface area (Å²) in [7, 11) is -3.87. The number of aryl methyl sites for hydroxylation is 1. The fraction of sp³-hybridized carbons (Fsp3) is 0.0526. The molecule has 0 atom stereocenters. The molecule has 0 saturated heterocycles. The summed E-state index contributed by atoms with van der Waals surface area (Å²) in [5.41, 5.74) is 1.50. The first-order valence-electron chi connectivity index (χ1n) is 7.86. The molecule has 8 heteroatoms. The minimum absolute atomic E-state index is 0.0205. The van der Waals surface area contributed by atoms with Crippen molar-refractivity contribution in [3.05, 3.63) is 83.7 Å². The van der Waals surface area contributed by atoms with Gasteiger partial charge in [0.25, 0.3) is 10.0 Å². The van der Waals surface area contributed by atoms with E-state index in [4.69, 9.17) is 0 Å². The summed E-state index contributed by atoms with van der Waals surface area (Å²) < 4.78 is 66.7. The molecule has 0 spiro atoms. The maximum absolute atomic E-state index is 13.2. The molecule has 0 heterocycles. The van der Waals surface area contributed by atoms with E-state index in [0.29, 0.717) is 22.6 Å². The molecular weight excluding hydrogens is 377 g/mol. The zero-order valence-corrected chi connectivity index (χ0v) is 14.9. The molecule has 0 aromatic heterocycles. The van der Waals surface area contributed by atoms with Crippen LogP contribution in [0.1, 0.15) is 5.56 Å². The summed E-state index contributed by atoms with van der Waals surface area (Å²) in [4.78, 5) is -0.0205. The predicted molar refractivity (Wildman–Crippen MR) is 98.0 cm³/mol. The third-order valence-electron chi connectivity index (χ3n) is 3.77. The van der Waals surface area contributed by atoms with E-state index >= 15 is 0 Å². The number of sulfonamides is 1. The van der Waals surface area contributed by atoms with E-state index < -0.39 is 27.5 Å². The quantitative estimate of drug-likeness (QED) is 0.645. The molecule has 0 fully saturated rings. The maximum Gasteiger partial charge on any atom is 0.262 e. The van der Waals surface area contributed by atoms with Crippen LogP contribution in [0.15, 0.2) is 65.6 Å². The first-order chi connectivity index (χ1) is 12.7. The van der Waals surface area contributed by atoms with Gasteiger partial charge in [-0.1, -0.05) is 0 Å². The van der Waals surface area contributed by atoms with Crippen molar-refractivity contribution >= 4 is 27.1 Å². The SMILES string of the molecule is Cc1cc(F)ccc1S(=O)(=O)Nc1ccc(Nc2ccc(F)c(F)c2)cc1. The molecule has 0 radical (unpaired) electrons. The topological polar surface area (TPSA) is 58.2 Å². The van der Waals surface area contributed by atoms with Crippen molar-refractivity contribution in [3.63, 3.8) is 0 Å². The molecule has 0 bridgehead atoms. The van der Waals surface area contributed by atoms with Crippen LogP contribution < -0.4 is 10.0 Å². The highest BCUT2D eigenvalue weighted by Gasteiger charge is 2.17. The van der Waals surface area contributed by atoms with Gasteiger partial charge in [0, 0.05) is 23.1 Å². The van der Waals surface area contributed by atoms with Gasteiger partial charge >= 0.3 is 0 Å². The lowest BCUT2D eigenvalue weighted by molar-refractivity contribution is 0.509. The zero-order chi connectivity index (χ0) is 19.6. The molecule has 0 aliphatic rings. The number of rotatable bonds is 5. The van der Waals surface area contributed by atoms with Crippen molar-refractivity contribution in [2.24, 2.45) is 0 Å². The summed E-state index contributed by atoms with van der Waals surface area (Å²) in [6.07, 6.45) is 0. The molecule has 2 N–H and O–H groups in total. The summed E-state index contributed by atoms with van der Waals surface area (Å²) in [6.45, 7) is 1.51. The molecule has 3 aromatic rings. The Hall–Kier alpha value is -3.00. The van der Waals surface area contributed by atoms with Crippen molar-refractivity contribution < 1.29 is 21.6 Å². The monoisotopic (exact) mass is 392 g/mol. The van der Waals surface area contributed by atoms with E-state index in [2.05, 4.69) is 10.0 Å². The minimum atomic E-state index is -3.87. The second-order valence-corrected chi connectivity index (χ2v) is 7.50. The first kappa shape index (κ1) is 18.8. The van der Waals surface area contributed by atoms with Crippen LogP contribution in [0.4, 0.5) is 30.2 Å². The van der Waals surface area contributed by atoms with Gasteiger partial charge in [0.05, 0.1) is 4.90 Å². The number of nitrogens with one attached hydrogen (secondary N) is 2. The van der Waals surface area contributed by atoms with Crippen molar-refractivity contribution in [3.8, 4) is 0 Å². The number of benzene rings is 3. The average molecular weight is 392 g/mol. The molecule has 0 unspecified atom stereocenters. The largest absolute Gasteiger partial charge is 0.355 e. The van der Waals surface area contributed by atoms with Crippen LogP contribution in [-0.4, -0.2) is 8.42 Å². The molecule has 0 aliphatic heterocycles. The highest BCUT2D eigenvalue weighted by molar-refractivity contribution is 7.92. The molecule has 3 aromatic carbocycles. The fourth-order valence-electron chi connectivity index (χ4n) is 2.49. The van der Waals surface area contributed by atoms with E-state index in [9.17, 15) is 21.6 Å². The molecule has 0 amide bonds. The third kappa shape index (κ3) is 4.40. The lowest BCUT2D eigenvalue weighted by Gasteiger charge is -2.12. The Labute approximate surface area is 154 Å². The molecular formula is C19H15F3N2O2S. The Bertz CT molecular complexity index is 1080. The van der Waals surface area contributed by atoms with Gasteiger partial charge in [-0.2, -0.15) is 0 Å². The highest BCUT2D eigenvalue weighted by Crippen LogP contribution is 2.23. The van der Waals surface area contributed by atoms with Crippen LogP contribution in [0.2, 0.25) is 0 Å². The van der Waals surface area contributed by atoms with Crippen LogP contribution in [-0.2, 0) is 10.0 Å². The number of anilines is 3. The van der Waals surface area contributed by atoms with Gasteiger partial charge in [-0.05, 0) is 67.1 Å². The van der Waals surface area contributed by atoms with Gasteiger partial charge in [-0.25, -0.2) is 21.6 Å². The van der Waals surface area contributed by atoms with Crippen LogP contribution in [0.5, 0.6) is 0 Å². The zero-order valence-electron chi connectivity index (χ0n) is 14.1. The van der Waals surface area contributed by atoms with Crippen LogP contribution in [0.3, 0.4) is 0 Å². The standard InChI is InChI=1S/C19H15F3N2O2S/c1-12-10-13(20)2-9-19(12)27(25,26)24-15-5-3-14(4-6-15)23-16-7-8-17(21)18(22)11-16/h2-11,23-24H,1H3. The summed E-state index contributed by atoms with van der Waals surface area (Å²) in [5.74, 6) is -2.43. The van der Waals surface area contributed by atoms with Gasteiger partial charge < -0.3 is 5.32 Å². The average Bonchev–Trinajstić information content (AvgIpc) is 2.59. The van der Waals surface area contributed by atoms with E-state index in [-0.39, 0.29) is 4.90 Å². The highest BCUT2D eigenvalue weighted by atomic mass is 32.2. The number of hydrogen-bond donors (Lipinski definition) is 2. The van der Waals surface area contributed by atoms with Crippen LogP contribution in [0.25, 0.3) is 0 Å². The Morgan fingerprint density at radius 3 is 2.00 bits per heavy atom. The maximum atomic E-state index is 13.2. The second-order valence-electron chi connectivity index (χ2n) is 5.85. The molecule has 140 valence electrons. The molecule has 0 saturated carbocycles. The Morgan fingerprint density at radius 1 is 0.741 bits per heavy atom. The smallest absolute Gasteiger partial charge is 0.262 e. The van der Waals surface area contributed by atoms with E-state index in [1.54, 1.807) is 12.1 Å². The summed E-state index contributed by atoms with van der Waals surface area (Å²) in [6, 6.07) is 13.0. The Morgan fingerprint density at radius 2 is 1.37 bits per heavy atom. The summed E-state index contributed by atoms with van der Waals surface area (Å²) in [5, 5.41) is 2.88. The van der Waals surface area contributed by atoms with E-state index in [1.807, 2.05) is 0 Å². The van der Waals surface area contributed by atoms with Gasteiger partial charge in [0.1, 0.15) is 5.82 Å². The van der Waals surface area contributed by atoms with Crippen molar-refractivity contribution in [2.45, 2.75) is 11.8 Å². The Balaban J connectivity index is 1.76. The van der Waals surface area contributed by atoms with Gasteiger partial charge in [0.2, 0.25) is 0 Å². The normalized spacial score (nSPS) is 11.3. The van der Waals surface area contributed by atoms with Crippen molar-refractivity contribution in [1.29, 1.82) is 0 Å². The van der Waals surface area contributed by atoms with Crippen molar-refractivity contribution in [2.75, 3.05) is 10.0 Å². The molecule has 3 rings (SSSR count). The van der Waals surface area contributed by atoms with Gasteiger partial charge in [-0.15, -0.1) is 0 Å². The lowest BCUT2D eigenvalue weighted by Crippen LogP contribution is -2.14. The molecule has 4 nitrogen and oxygen atoms in total. The first-order valence-corrected chi connectivity index (χ1v) is 9.34. The van der Waals surface area contributed by atoms with E-state index in [1.165, 1.54) is 31.2 Å². The predicted octanol–water partition coefficient (Wildman–Crippen LogP) is 4.96.